The Kier molecular flexibility index (Phi) is 5.93. The van der Waals surface area contributed by atoms with Gasteiger partial charge in [0.25, 0.3) is 0 Å². The summed E-state index contributed by atoms with van der Waals surface area (Å²) in [6, 6.07) is 10.6. The van der Waals surface area contributed by atoms with Crippen molar-refractivity contribution in [3.8, 4) is 0 Å². The molecular weight excluding hydrogens is 384 g/mol. The minimum absolute atomic E-state index is 0.0387. The highest BCUT2D eigenvalue weighted by Crippen LogP contribution is 2.22. The maximum Gasteiger partial charge on any atom is 0.250 e. The molecule has 1 aromatic carbocycles. The van der Waals surface area contributed by atoms with Crippen molar-refractivity contribution in [3.05, 3.63) is 47.6 Å². The van der Waals surface area contributed by atoms with Gasteiger partial charge in [-0.3, -0.25) is 4.79 Å². The Morgan fingerprint density at radius 2 is 2.00 bits per heavy atom. The van der Waals surface area contributed by atoms with Crippen molar-refractivity contribution in [1.29, 1.82) is 0 Å². The minimum atomic E-state index is -3.56. The van der Waals surface area contributed by atoms with Crippen LogP contribution in [0.3, 0.4) is 0 Å². The molecule has 7 nitrogen and oxygen atoms in total. The highest BCUT2D eigenvalue weighted by molar-refractivity contribution is 7.91. The number of carbonyl (C=O) groups excluding carboxylic acids is 1. The van der Waals surface area contributed by atoms with E-state index < -0.39 is 10.0 Å². The fraction of sp³-hybridized carbons (Fsp3) is 0.333. The SMILES string of the molecule is CC(C)[C@H](NC(=O)CCNS(=O)(=O)c1cccs1)c1nc2ccccc2[nH]1. The molecule has 0 aliphatic rings. The van der Waals surface area contributed by atoms with Crippen LogP contribution in [0.2, 0.25) is 0 Å². The number of H-pyrrole nitrogens is 1. The van der Waals surface area contributed by atoms with Gasteiger partial charge in [0.1, 0.15) is 10.0 Å². The first-order valence-electron chi connectivity index (χ1n) is 8.64. The molecule has 2 heterocycles. The van der Waals surface area contributed by atoms with Gasteiger partial charge in [-0.25, -0.2) is 18.1 Å². The van der Waals surface area contributed by atoms with Crippen LogP contribution in [0.5, 0.6) is 0 Å². The lowest BCUT2D eigenvalue weighted by Gasteiger charge is -2.20. The van der Waals surface area contributed by atoms with Gasteiger partial charge in [0.05, 0.1) is 17.1 Å². The number of nitrogens with one attached hydrogen (secondary N) is 3. The smallest absolute Gasteiger partial charge is 0.250 e. The number of fused-ring (bicyclic) bond motifs is 1. The van der Waals surface area contributed by atoms with E-state index in [0.29, 0.717) is 5.82 Å². The van der Waals surface area contributed by atoms with E-state index in [2.05, 4.69) is 20.0 Å². The van der Waals surface area contributed by atoms with Crippen LogP contribution in [0.1, 0.15) is 32.1 Å². The van der Waals surface area contributed by atoms with E-state index in [1.165, 1.54) is 6.07 Å². The van der Waals surface area contributed by atoms with Crippen LogP contribution in [-0.4, -0.2) is 30.8 Å². The van der Waals surface area contributed by atoms with Gasteiger partial charge in [0.2, 0.25) is 15.9 Å². The molecule has 0 aliphatic carbocycles. The average Bonchev–Trinajstić information content (AvgIpc) is 3.28. The molecule has 27 heavy (non-hydrogen) atoms. The van der Waals surface area contributed by atoms with Gasteiger partial charge in [0.15, 0.2) is 0 Å². The third kappa shape index (κ3) is 4.74. The number of rotatable bonds is 8. The number of carbonyl (C=O) groups is 1. The number of hydrogen-bond acceptors (Lipinski definition) is 5. The van der Waals surface area contributed by atoms with Crippen LogP contribution in [0.4, 0.5) is 0 Å². The summed E-state index contributed by atoms with van der Waals surface area (Å²) in [4.78, 5) is 20.1. The Labute approximate surface area is 162 Å². The standard InChI is InChI=1S/C18H22N4O3S2/c1-12(2)17(18-20-13-6-3-4-7-14(13)21-18)22-15(23)9-10-19-27(24,25)16-8-5-11-26-16/h3-8,11-12,17,19H,9-10H2,1-2H3,(H,20,21)(H,22,23)/t17-/m0/s1. The molecule has 3 N–H and O–H groups in total. The number of imidazole rings is 1. The van der Waals surface area contributed by atoms with Gasteiger partial charge in [-0.15, -0.1) is 11.3 Å². The summed E-state index contributed by atoms with van der Waals surface area (Å²) < 4.78 is 26.9. The Balaban J connectivity index is 1.60. The highest BCUT2D eigenvalue weighted by Gasteiger charge is 2.22. The average molecular weight is 407 g/mol. The number of nitrogens with zero attached hydrogens (tertiary/aromatic N) is 1. The molecule has 144 valence electrons. The summed E-state index contributed by atoms with van der Waals surface area (Å²) in [5.74, 6) is 0.582. The van der Waals surface area contributed by atoms with E-state index in [4.69, 9.17) is 0 Å². The lowest BCUT2D eigenvalue weighted by molar-refractivity contribution is -0.122. The second-order valence-electron chi connectivity index (χ2n) is 6.51. The molecule has 0 radical (unpaired) electrons. The van der Waals surface area contributed by atoms with Crippen LogP contribution in [0.15, 0.2) is 46.0 Å². The first-order chi connectivity index (χ1) is 12.9. The van der Waals surface area contributed by atoms with Gasteiger partial charge >= 0.3 is 0 Å². The van der Waals surface area contributed by atoms with Gasteiger partial charge < -0.3 is 10.3 Å². The van der Waals surface area contributed by atoms with Gasteiger partial charge in [-0.2, -0.15) is 0 Å². The molecule has 0 aliphatic heterocycles. The van der Waals surface area contributed by atoms with E-state index >= 15 is 0 Å². The molecule has 0 unspecified atom stereocenters. The Morgan fingerprint density at radius 3 is 2.67 bits per heavy atom. The molecule has 0 saturated heterocycles. The fourth-order valence-corrected chi connectivity index (χ4v) is 4.77. The van der Waals surface area contributed by atoms with Crippen LogP contribution in [0.25, 0.3) is 11.0 Å². The number of sulfonamides is 1. The zero-order valence-corrected chi connectivity index (χ0v) is 16.7. The number of aromatic amines is 1. The predicted octanol–water partition coefficient (Wildman–Crippen LogP) is 2.81. The fourth-order valence-electron chi connectivity index (χ4n) is 2.70. The van der Waals surface area contributed by atoms with E-state index in [0.717, 1.165) is 22.4 Å². The first kappa shape index (κ1) is 19.5. The Morgan fingerprint density at radius 1 is 1.22 bits per heavy atom. The number of para-hydroxylation sites is 2. The van der Waals surface area contributed by atoms with Crippen LogP contribution < -0.4 is 10.0 Å². The van der Waals surface area contributed by atoms with E-state index in [1.807, 2.05) is 38.1 Å². The molecule has 0 fully saturated rings. The lowest BCUT2D eigenvalue weighted by atomic mass is 10.0. The number of aromatic nitrogens is 2. The van der Waals surface area contributed by atoms with E-state index in [-0.39, 0.29) is 35.0 Å². The molecule has 0 spiro atoms. The maximum atomic E-state index is 12.3. The Hall–Kier alpha value is -2.23. The highest BCUT2D eigenvalue weighted by atomic mass is 32.2. The van der Waals surface area contributed by atoms with Gasteiger partial charge in [-0.1, -0.05) is 32.0 Å². The Bertz CT molecular complexity index is 977. The monoisotopic (exact) mass is 406 g/mol. The summed E-state index contributed by atoms with van der Waals surface area (Å²) in [5, 5.41) is 4.65. The van der Waals surface area contributed by atoms with Crippen LogP contribution in [-0.2, 0) is 14.8 Å². The zero-order valence-electron chi connectivity index (χ0n) is 15.1. The van der Waals surface area contributed by atoms with Crippen molar-refractivity contribution in [2.75, 3.05) is 6.54 Å². The largest absolute Gasteiger partial charge is 0.346 e. The lowest BCUT2D eigenvalue weighted by Crippen LogP contribution is -2.35. The van der Waals surface area contributed by atoms with Crippen molar-refractivity contribution in [2.45, 2.75) is 30.5 Å². The maximum absolute atomic E-state index is 12.3. The predicted molar refractivity (Wildman–Crippen MR) is 106 cm³/mol. The summed E-state index contributed by atoms with van der Waals surface area (Å²) in [6.07, 6.45) is 0.0497. The van der Waals surface area contributed by atoms with Crippen molar-refractivity contribution in [2.24, 2.45) is 5.92 Å². The summed E-state index contributed by atoms with van der Waals surface area (Å²) in [5.41, 5.74) is 1.76. The number of thiophene rings is 1. The summed E-state index contributed by atoms with van der Waals surface area (Å²) in [6.45, 7) is 4.03. The van der Waals surface area contributed by atoms with Crippen molar-refractivity contribution >= 4 is 38.3 Å². The van der Waals surface area contributed by atoms with Gasteiger partial charge in [-0.05, 0) is 29.5 Å². The van der Waals surface area contributed by atoms with Crippen molar-refractivity contribution in [1.82, 2.24) is 20.0 Å². The second-order valence-corrected chi connectivity index (χ2v) is 9.45. The van der Waals surface area contributed by atoms with Crippen LogP contribution in [0, 0.1) is 5.92 Å². The van der Waals surface area contributed by atoms with E-state index in [9.17, 15) is 13.2 Å². The molecular formula is C18H22N4O3S2. The minimum Gasteiger partial charge on any atom is -0.346 e. The molecule has 3 aromatic rings. The number of benzene rings is 1. The zero-order chi connectivity index (χ0) is 19.4. The molecule has 9 heteroatoms. The first-order valence-corrected chi connectivity index (χ1v) is 11.0. The quantitative estimate of drug-likeness (QED) is 0.535. The third-order valence-corrected chi connectivity index (χ3v) is 6.95. The normalized spacial score (nSPS) is 13.1. The van der Waals surface area contributed by atoms with Crippen molar-refractivity contribution in [3.63, 3.8) is 0 Å². The van der Waals surface area contributed by atoms with Crippen LogP contribution >= 0.6 is 11.3 Å². The molecule has 0 bridgehead atoms. The molecule has 3 rings (SSSR count). The summed E-state index contributed by atoms with van der Waals surface area (Å²) >= 11 is 1.14. The van der Waals surface area contributed by atoms with Gasteiger partial charge in [0, 0.05) is 13.0 Å². The molecule has 1 amide bonds. The topological polar surface area (TPSA) is 104 Å². The molecule has 0 saturated carbocycles. The van der Waals surface area contributed by atoms with Crippen molar-refractivity contribution < 1.29 is 13.2 Å². The second kappa shape index (κ2) is 8.20. The third-order valence-electron chi connectivity index (χ3n) is 4.09. The number of hydrogen-bond donors (Lipinski definition) is 3. The molecule has 2 aromatic heterocycles. The molecule has 1 atom stereocenters. The van der Waals surface area contributed by atoms with E-state index in [1.54, 1.807) is 11.4 Å². The summed E-state index contributed by atoms with van der Waals surface area (Å²) in [7, 11) is -3.56. The number of amides is 1.